The lowest BCUT2D eigenvalue weighted by atomic mass is 10.1. The molecule has 1 aliphatic carbocycles. The van der Waals surface area contributed by atoms with Crippen LogP contribution in [-0.4, -0.2) is 54.6 Å². The molecule has 2 heterocycles. The Kier molecular flexibility index (Phi) is 4.46. The summed E-state index contributed by atoms with van der Waals surface area (Å²) in [7, 11) is 0. The van der Waals surface area contributed by atoms with Crippen molar-refractivity contribution in [1.29, 1.82) is 0 Å². The van der Waals surface area contributed by atoms with Gasteiger partial charge >= 0.3 is 0 Å². The van der Waals surface area contributed by atoms with Crippen molar-refractivity contribution >= 4 is 23.4 Å². The van der Waals surface area contributed by atoms with Crippen molar-refractivity contribution in [2.45, 2.75) is 25.7 Å². The van der Waals surface area contributed by atoms with Crippen LogP contribution in [0.15, 0.2) is 12.1 Å². The third kappa shape index (κ3) is 3.27. The Morgan fingerprint density at radius 3 is 2.76 bits per heavy atom. The molecule has 134 valence electrons. The van der Waals surface area contributed by atoms with Crippen LogP contribution in [0.5, 0.6) is 11.5 Å². The van der Waals surface area contributed by atoms with E-state index in [1.807, 2.05) is 4.90 Å². The highest BCUT2D eigenvalue weighted by Gasteiger charge is 2.31. The number of rotatable bonds is 3. The van der Waals surface area contributed by atoms with Crippen molar-refractivity contribution in [2.75, 3.05) is 33.0 Å². The lowest BCUT2D eigenvalue weighted by molar-refractivity contribution is -0.135. The summed E-state index contributed by atoms with van der Waals surface area (Å²) in [6.45, 7) is 2.20. The highest BCUT2D eigenvalue weighted by molar-refractivity contribution is 6.32. The molecule has 6 nitrogen and oxygen atoms in total. The second-order valence-electron chi connectivity index (χ2n) is 6.91. The summed E-state index contributed by atoms with van der Waals surface area (Å²) < 4.78 is 10.6. The van der Waals surface area contributed by atoms with Crippen LogP contribution in [0, 0.1) is 5.92 Å². The van der Waals surface area contributed by atoms with Gasteiger partial charge < -0.3 is 19.3 Å². The average Bonchev–Trinajstić information content (AvgIpc) is 3.27. The van der Waals surface area contributed by atoms with Crippen LogP contribution < -0.4 is 9.47 Å². The number of carbonyl (C=O) groups is 2. The van der Waals surface area contributed by atoms with Crippen LogP contribution in [0.2, 0.25) is 5.02 Å². The zero-order valence-corrected chi connectivity index (χ0v) is 14.8. The fourth-order valence-corrected chi connectivity index (χ4v) is 4.12. The third-order valence-corrected chi connectivity index (χ3v) is 5.51. The van der Waals surface area contributed by atoms with E-state index in [1.54, 1.807) is 17.0 Å². The zero-order valence-electron chi connectivity index (χ0n) is 14.0. The summed E-state index contributed by atoms with van der Waals surface area (Å²) in [5.74, 6) is 1.39. The number of hydrogen-bond donors (Lipinski definition) is 0. The molecule has 1 saturated heterocycles. The van der Waals surface area contributed by atoms with E-state index >= 15 is 0 Å². The van der Waals surface area contributed by atoms with Gasteiger partial charge in [0, 0.05) is 25.2 Å². The standard InChI is InChI=1S/C18H21ClN2O4/c19-14-7-13(8-15-17(14)25-11-24-15)18(23)21-6-5-20(16(22)10-21)9-12-3-1-2-4-12/h7-8,12H,1-6,9-11H2. The van der Waals surface area contributed by atoms with E-state index < -0.39 is 0 Å². The second kappa shape index (κ2) is 6.75. The predicted octanol–water partition coefficient (Wildman–Crippen LogP) is 2.54. The second-order valence-corrected chi connectivity index (χ2v) is 7.32. The first-order valence-corrected chi connectivity index (χ1v) is 9.16. The third-order valence-electron chi connectivity index (χ3n) is 5.23. The molecule has 0 bridgehead atoms. The van der Waals surface area contributed by atoms with Crippen LogP contribution >= 0.6 is 11.6 Å². The SMILES string of the molecule is O=C1CN(C(=O)c2cc(Cl)c3c(c2)OCO3)CCN1CC1CCCC1. The Morgan fingerprint density at radius 2 is 2.00 bits per heavy atom. The number of piperazine rings is 1. The van der Waals surface area contributed by atoms with Crippen molar-refractivity contribution in [3.63, 3.8) is 0 Å². The van der Waals surface area contributed by atoms with E-state index in [9.17, 15) is 9.59 Å². The number of ether oxygens (including phenoxy) is 2. The lowest BCUT2D eigenvalue weighted by Gasteiger charge is -2.35. The highest BCUT2D eigenvalue weighted by Crippen LogP contribution is 2.40. The van der Waals surface area contributed by atoms with E-state index in [-0.39, 0.29) is 25.2 Å². The van der Waals surface area contributed by atoms with Gasteiger partial charge in [-0.15, -0.1) is 0 Å². The molecule has 1 aromatic rings. The molecule has 2 amide bonds. The largest absolute Gasteiger partial charge is 0.454 e. The van der Waals surface area contributed by atoms with Crippen molar-refractivity contribution < 1.29 is 19.1 Å². The summed E-state index contributed by atoms with van der Waals surface area (Å²) in [5.41, 5.74) is 0.422. The van der Waals surface area contributed by atoms with Crippen molar-refractivity contribution in [3.8, 4) is 11.5 Å². The van der Waals surface area contributed by atoms with Gasteiger partial charge in [-0.3, -0.25) is 9.59 Å². The van der Waals surface area contributed by atoms with Gasteiger partial charge in [0.25, 0.3) is 5.91 Å². The molecular formula is C18H21ClN2O4. The molecule has 4 rings (SSSR count). The number of benzene rings is 1. The first-order valence-electron chi connectivity index (χ1n) is 8.78. The molecule has 1 aromatic carbocycles. The first kappa shape index (κ1) is 16.5. The number of fused-ring (bicyclic) bond motifs is 1. The van der Waals surface area contributed by atoms with E-state index in [2.05, 4.69) is 0 Å². The Morgan fingerprint density at radius 1 is 1.20 bits per heavy atom. The summed E-state index contributed by atoms with van der Waals surface area (Å²) in [6.07, 6.45) is 4.95. The summed E-state index contributed by atoms with van der Waals surface area (Å²) in [6, 6.07) is 3.21. The van der Waals surface area contributed by atoms with Crippen molar-refractivity contribution in [2.24, 2.45) is 5.92 Å². The van der Waals surface area contributed by atoms with Gasteiger partial charge in [-0.2, -0.15) is 0 Å². The summed E-state index contributed by atoms with van der Waals surface area (Å²) in [4.78, 5) is 28.7. The molecular weight excluding hydrogens is 344 g/mol. The van der Waals surface area contributed by atoms with Gasteiger partial charge in [0.2, 0.25) is 12.7 Å². The molecule has 0 atom stereocenters. The molecule has 2 aliphatic heterocycles. The fraction of sp³-hybridized carbons (Fsp3) is 0.556. The highest BCUT2D eigenvalue weighted by atomic mass is 35.5. The smallest absolute Gasteiger partial charge is 0.254 e. The molecule has 25 heavy (non-hydrogen) atoms. The average molecular weight is 365 g/mol. The topological polar surface area (TPSA) is 59.1 Å². The number of amides is 2. The monoisotopic (exact) mass is 364 g/mol. The molecule has 0 radical (unpaired) electrons. The lowest BCUT2D eigenvalue weighted by Crippen LogP contribution is -2.53. The molecule has 0 spiro atoms. The Bertz CT molecular complexity index is 703. The quantitative estimate of drug-likeness (QED) is 0.827. The van der Waals surface area contributed by atoms with Crippen LogP contribution in [0.3, 0.4) is 0 Å². The molecule has 0 N–H and O–H groups in total. The predicted molar refractivity (Wildman–Crippen MR) is 92.0 cm³/mol. The zero-order chi connectivity index (χ0) is 17.4. The molecule has 7 heteroatoms. The van der Waals surface area contributed by atoms with Crippen LogP contribution in [0.1, 0.15) is 36.0 Å². The number of carbonyl (C=O) groups excluding carboxylic acids is 2. The number of halogens is 1. The maximum absolute atomic E-state index is 12.7. The summed E-state index contributed by atoms with van der Waals surface area (Å²) in [5, 5.41) is 0.351. The molecule has 3 aliphatic rings. The minimum Gasteiger partial charge on any atom is -0.454 e. The Balaban J connectivity index is 1.42. The van der Waals surface area contributed by atoms with Crippen LogP contribution in [-0.2, 0) is 4.79 Å². The van der Waals surface area contributed by atoms with Crippen molar-refractivity contribution in [3.05, 3.63) is 22.7 Å². The minimum atomic E-state index is -0.200. The van der Waals surface area contributed by atoms with E-state index in [0.29, 0.717) is 41.1 Å². The van der Waals surface area contributed by atoms with Gasteiger partial charge in [0.15, 0.2) is 11.5 Å². The van der Waals surface area contributed by atoms with Crippen LogP contribution in [0.4, 0.5) is 0 Å². The van der Waals surface area contributed by atoms with E-state index in [0.717, 1.165) is 6.54 Å². The minimum absolute atomic E-state index is 0.0262. The first-order chi connectivity index (χ1) is 12.1. The van der Waals surface area contributed by atoms with Crippen LogP contribution in [0.25, 0.3) is 0 Å². The van der Waals surface area contributed by atoms with Gasteiger partial charge in [0.1, 0.15) is 6.54 Å². The van der Waals surface area contributed by atoms with Gasteiger partial charge in [-0.05, 0) is 30.9 Å². The fourth-order valence-electron chi connectivity index (χ4n) is 3.85. The normalized spacial score (nSPS) is 20.4. The maximum Gasteiger partial charge on any atom is 0.254 e. The van der Waals surface area contributed by atoms with Gasteiger partial charge in [0.05, 0.1) is 5.02 Å². The number of hydrogen-bond acceptors (Lipinski definition) is 4. The van der Waals surface area contributed by atoms with Gasteiger partial charge in [-0.1, -0.05) is 24.4 Å². The molecule has 1 saturated carbocycles. The van der Waals surface area contributed by atoms with E-state index in [4.69, 9.17) is 21.1 Å². The Hall–Kier alpha value is -1.95. The van der Waals surface area contributed by atoms with Crippen molar-refractivity contribution in [1.82, 2.24) is 9.80 Å². The van der Waals surface area contributed by atoms with Gasteiger partial charge in [-0.25, -0.2) is 0 Å². The molecule has 2 fully saturated rings. The number of nitrogens with zero attached hydrogens (tertiary/aromatic N) is 2. The van der Waals surface area contributed by atoms with E-state index in [1.165, 1.54) is 25.7 Å². The summed E-state index contributed by atoms with van der Waals surface area (Å²) >= 11 is 6.15. The molecule has 0 unspecified atom stereocenters. The molecule has 0 aromatic heterocycles. The Labute approximate surface area is 151 Å². The maximum atomic E-state index is 12.7.